The number of rotatable bonds is 5. The molecule has 1 saturated heterocycles. The zero-order chi connectivity index (χ0) is 24.4. The van der Waals surface area contributed by atoms with Crippen LogP contribution in [0.15, 0.2) is 60.0 Å². The molecular formula is C25H26N8O2. The van der Waals surface area contributed by atoms with Crippen molar-refractivity contribution in [2.75, 3.05) is 54.7 Å². The van der Waals surface area contributed by atoms with Crippen molar-refractivity contribution in [3.8, 4) is 11.1 Å². The lowest BCUT2D eigenvalue weighted by Crippen LogP contribution is -2.37. The number of anilines is 4. The van der Waals surface area contributed by atoms with Gasteiger partial charge in [0.1, 0.15) is 18.2 Å². The Morgan fingerprint density at radius 1 is 0.971 bits per heavy atom. The van der Waals surface area contributed by atoms with Gasteiger partial charge < -0.3 is 25.8 Å². The van der Waals surface area contributed by atoms with Crippen LogP contribution in [0.2, 0.25) is 0 Å². The standard InChI is InChI=1S/C25H26N8O2/c1-32(2)25(35)31-19-10-17(12-26-13-19)16-4-6-21-20(11-16)23(29-15-28-21)24(34)30-18-5-7-22(27-14-18)33-8-3-9-33/h4-7,10-14,28H,3,8-9,15H2,1-2H3,(H,30,34)(H,31,35). The normalized spacial score (nSPS) is 14.1. The third kappa shape index (κ3) is 4.77. The van der Waals surface area contributed by atoms with Crippen molar-refractivity contribution in [2.24, 2.45) is 4.99 Å². The third-order valence-electron chi connectivity index (χ3n) is 5.91. The van der Waals surface area contributed by atoms with E-state index in [4.69, 9.17) is 0 Å². The van der Waals surface area contributed by atoms with Gasteiger partial charge in [-0.2, -0.15) is 0 Å². The number of carbonyl (C=O) groups excluding carboxylic acids is 2. The molecule has 3 aromatic rings. The maximum absolute atomic E-state index is 13.1. The molecule has 0 aliphatic carbocycles. The van der Waals surface area contributed by atoms with Crippen LogP contribution < -0.4 is 20.9 Å². The van der Waals surface area contributed by atoms with Gasteiger partial charge in [0, 0.05) is 50.2 Å². The molecule has 35 heavy (non-hydrogen) atoms. The fourth-order valence-electron chi connectivity index (χ4n) is 3.84. The van der Waals surface area contributed by atoms with E-state index in [2.05, 4.69) is 35.8 Å². The average Bonchev–Trinajstić information content (AvgIpc) is 2.83. The van der Waals surface area contributed by atoms with Crippen LogP contribution in [0.3, 0.4) is 0 Å². The molecule has 2 aromatic heterocycles. The number of urea groups is 1. The van der Waals surface area contributed by atoms with Gasteiger partial charge in [-0.3, -0.25) is 14.8 Å². The summed E-state index contributed by atoms with van der Waals surface area (Å²) in [6.45, 7) is 2.35. The topological polar surface area (TPSA) is 115 Å². The number of aliphatic imine (C=N–C) groups is 1. The molecule has 10 nitrogen and oxygen atoms in total. The number of hydrogen-bond acceptors (Lipinski definition) is 7. The van der Waals surface area contributed by atoms with Crippen molar-refractivity contribution in [1.29, 1.82) is 0 Å². The summed E-state index contributed by atoms with van der Waals surface area (Å²) in [4.78, 5) is 41.9. The summed E-state index contributed by atoms with van der Waals surface area (Å²) in [7, 11) is 3.34. The first-order valence-corrected chi connectivity index (χ1v) is 11.4. The Kier molecular flexibility index (Phi) is 6.01. The molecule has 0 unspecified atom stereocenters. The van der Waals surface area contributed by atoms with Crippen LogP contribution in [0, 0.1) is 0 Å². The largest absolute Gasteiger partial charge is 0.366 e. The van der Waals surface area contributed by atoms with E-state index in [1.54, 1.807) is 32.7 Å². The Morgan fingerprint density at radius 3 is 2.54 bits per heavy atom. The molecule has 5 rings (SSSR count). The number of hydrogen-bond donors (Lipinski definition) is 3. The second kappa shape index (κ2) is 9.41. The number of aromatic nitrogens is 2. The van der Waals surface area contributed by atoms with E-state index in [1.165, 1.54) is 11.3 Å². The SMILES string of the molecule is CN(C)C(=O)Nc1cncc(-c2ccc3c(c2)C(C(=O)Nc2ccc(N4CCC4)nc2)=NCN3)c1. The molecule has 0 spiro atoms. The van der Waals surface area contributed by atoms with Crippen LogP contribution in [0.4, 0.5) is 27.7 Å². The second-order valence-electron chi connectivity index (χ2n) is 8.59. The van der Waals surface area contributed by atoms with Gasteiger partial charge in [-0.15, -0.1) is 0 Å². The van der Waals surface area contributed by atoms with Crippen LogP contribution in [-0.2, 0) is 4.79 Å². The molecule has 0 radical (unpaired) electrons. The van der Waals surface area contributed by atoms with E-state index in [1.807, 2.05) is 36.4 Å². The van der Waals surface area contributed by atoms with E-state index < -0.39 is 0 Å². The van der Waals surface area contributed by atoms with Gasteiger partial charge in [-0.1, -0.05) is 6.07 Å². The molecule has 3 N–H and O–H groups in total. The minimum atomic E-state index is -0.298. The Bertz CT molecular complexity index is 1300. The summed E-state index contributed by atoms with van der Waals surface area (Å²) in [5.41, 5.74) is 4.72. The Balaban J connectivity index is 1.36. The van der Waals surface area contributed by atoms with Crippen LogP contribution in [0.1, 0.15) is 12.0 Å². The van der Waals surface area contributed by atoms with Gasteiger partial charge in [-0.25, -0.2) is 9.78 Å². The second-order valence-corrected chi connectivity index (χ2v) is 8.59. The molecule has 178 valence electrons. The van der Waals surface area contributed by atoms with Crippen molar-refractivity contribution in [2.45, 2.75) is 6.42 Å². The highest BCUT2D eigenvalue weighted by atomic mass is 16.2. The van der Waals surface area contributed by atoms with Crippen molar-refractivity contribution in [3.63, 3.8) is 0 Å². The Hall–Kier alpha value is -4.47. The number of pyridine rings is 2. The number of carbonyl (C=O) groups is 2. The van der Waals surface area contributed by atoms with Gasteiger partial charge in [0.25, 0.3) is 5.91 Å². The Labute approximate surface area is 203 Å². The molecule has 0 atom stereocenters. The van der Waals surface area contributed by atoms with Gasteiger partial charge in [0.05, 0.1) is 23.8 Å². The number of amides is 3. The molecule has 2 aliphatic rings. The van der Waals surface area contributed by atoms with E-state index >= 15 is 0 Å². The van der Waals surface area contributed by atoms with Crippen LogP contribution >= 0.6 is 0 Å². The maximum atomic E-state index is 13.1. The number of fused-ring (bicyclic) bond motifs is 1. The van der Waals surface area contributed by atoms with E-state index in [-0.39, 0.29) is 11.9 Å². The lowest BCUT2D eigenvalue weighted by molar-refractivity contribution is -0.110. The van der Waals surface area contributed by atoms with Crippen molar-refractivity contribution in [1.82, 2.24) is 14.9 Å². The van der Waals surface area contributed by atoms with E-state index in [0.717, 1.165) is 35.7 Å². The number of nitrogens with one attached hydrogen (secondary N) is 3. The summed E-state index contributed by atoms with van der Waals surface area (Å²) in [5.74, 6) is 0.620. The van der Waals surface area contributed by atoms with Crippen molar-refractivity contribution in [3.05, 3.63) is 60.6 Å². The summed E-state index contributed by atoms with van der Waals surface area (Å²) >= 11 is 0. The molecule has 4 heterocycles. The average molecular weight is 471 g/mol. The number of nitrogens with zero attached hydrogens (tertiary/aromatic N) is 5. The fraction of sp³-hybridized carbons (Fsp3) is 0.240. The van der Waals surface area contributed by atoms with E-state index in [9.17, 15) is 9.59 Å². The van der Waals surface area contributed by atoms with Gasteiger partial charge >= 0.3 is 6.03 Å². The quantitative estimate of drug-likeness (QED) is 0.527. The zero-order valence-corrected chi connectivity index (χ0v) is 19.6. The first kappa shape index (κ1) is 22.3. The van der Waals surface area contributed by atoms with Gasteiger partial charge in [0.2, 0.25) is 0 Å². The third-order valence-corrected chi connectivity index (χ3v) is 5.91. The van der Waals surface area contributed by atoms with Gasteiger partial charge in [0.15, 0.2) is 0 Å². The zero-order valence-electron chi connectivity index (χ0n) is 19.6. The lowest BCUT2D eigenvalue weighted by atomic mass is 9.98. The number of benzene rings is 1. The molecular weight excluding hydrogens is 444 g/mol. The molecule has 1 aromatic carbocycles. The summed E-state index contributed by atoms with van der Waals surface area (Å²) in [6, 6.07) is 11.1. The molecule has 0 saturated carbocycles. The molecule has 2 aliphatic heterocycles. The fourth-order valence-corrected chi connectivity index (χ4v) is 3.84. The Morgan fingerprint density at radius 2 is 1.83 bits per heavy atom. The summed E-state index contributed by atoms with van der Waals surface area (Å²) in [6.07, 6.45) is 6.16. The first-order valence-electron chi connectivity index (χ1n) is 11.4. The highest BCUT2D eigenvalue weighted by Crippen LogP contribution is 2.29. The molecule has 3 amide bonds. The van der Waals surface area contributed by atoms with E-state index in [0.29, 0.717) is 29.3 Å². The molecule has 10 heteroatoms. The van der Waals surface area contributed by atoms with Crippen LogP contribution in [0.5, 0.6) is 0 Å². The van der Waals surface area contributed by atoms with Crippen molar-refractivity contribution < 1.29 is 9.59 Å². The van der Waals surface area contributed by atoms with Gasteiger partial charge in [-0.05, 0) is 42.3 Å². The minimum absolute atomic E-state index is 0.239. The van der Waals surface area contributed by atoms with Crippen LogP contribution in [-0.4, -0.2) is 66.4 Å². The highest BCUT2D eigenvalue weighted by Gasteiger charge is 2.22. The summed E-state index contributed by atoms with van der Waals surface area (Å²) < 4.78 is 0. The lowest BCUT2D eigenvalue weighted by Gasteiger charge is -2.31. The molecule has 1 fully saturated rings. The highest BCUT2D eigenvalue weighted by molar-refractivity contribution is 6.50. The summed E-state index contributed by atoms with van der Waals surface area (Å²) in [5, 5.41) is 8.92. The molecule has 0 bridgehead atoms. The van der Waals surface area contributed by atoms with Crippen molar-refractivity contribution >= 4 is 40.5 Å². The smallest absolute Gasteiger partial charge is 0.321 e. The first-order chi connectivity index (χ1) is 17.0. The maximum Gasteiger partial charge on any atom is 0.321 e. The predicted molar refractivity (Wildman–Crippen MR) is 137 cm³/mol. The van der Waals surface area contributed by atoms with Crippen LogP contribution in [0.25, 0.3) is 11.1 Å². The monoisotopic (exact) mass is 470 g/mol. The minimum Gasteiger partial charge on any atom is -0.366 e. The predicted octanol–water partition coefficient (Wildman–Crippen LogP) is 3.26.